The van der Waals surface area contributed by atoms with Crippen molar-refractivity contribution in [1.29, 1.82) is 0 Å². The Morgan fingerprint density at radius 2 is 1.70 bits per heavy atom. The number of aromatic nitrogens is 3. The smallest absolute Gasteiger partial charge is 0.309 e. The molecule has 0 spiro atoms. The molecule has 8 rings (SSSR count). The summed E-state index contributed by atoms with van der Waals surface area (Å²) in [5.41, 5.74) is 1.55. The molecule has 9 heteroatoms. The Labute approximate surface area is 340 Å². The molecule has 3 heterocycles. The number of nitrogens with one attached hydrogen (secondary N) is 1. The lowest BCUT2D eigenvalue weighted by molar-refractivity contribution is -0.250. The maximum Gasteiger partial charge on any atom is 0.309 e. The van der Waals surface area contributed by atoms with Gasteiger partial charge in [-0.15, -0.1) is 0 Å². The Morgan fingerprint density at radius 1 is 0.930 bits per heavy atom. The van der Waals surface area contributed by atoms with Gasteiger partial charge in [-0.05, 0) is 156 Å². The van der Waals surface area contributed by atoms with Gasteiger partial charge in [0.05, 0.1) is 40.9 Å². The molecule has 0 bridgehead atoms. The third-order valence-corrected chi connectivity index (χ3v) is 18.2. The lowest BCUT2D eigenvalue weighted by Gasteiger charge is -2.73. The van der Waals surface area contributed by atoms with Gasteiger partial charge in [0, 0.05) is 18.2 Å². The molecule has 1 amide bonds. The minimum Gasteiger partial charge on any atom is -0.481 e. The molecule has 5 aliphatic carbocycles. The van der Waals surface area contributed by atoms with E-state index in [1.807, 2.05) is 24.4 Å². The second-order valence-electron chi connectivity index (χ2n) is 21.6. The van der Waals surface area contributed by atoms with Crippen molar-refractivity contribution >= 4 is 17.8 Å². The van der Waals surface area contributed by atoms with E-state index < -0.39 is 17.4 Å². The van der Waals surface area contributed by atoms with Crippen molar-refractivity contribution in [3.8, 4) is 11.4 Å². The van der Waals surface area contributed by atoms with Gasteiger partial charge in [-0.3, -0.25) is 19.4 Å². The molecule has 3 unspecified atom stereocenters. The number of hydrogen-bond acceptors (Lipinski definition) is 6. The number of ether oxygens (including phenoxy) is 1. The van der Waals surface area contributed by atoms with Gasteiger partial charge in [-0.1, -0.05) is 52.8 Å². The van der Waals surface area contributed by atoms with Crippen molar-refractivity contribution in [2.24, 2.45) is 62.1 Å². The molecular weight excluding hydrogens is 713 g/mol. The fraction of sp³-hybridized carbons (Fsp3) is 0.729. The zero-order valence-electron chi connectivity index (χ0n) is 36.0. The van der Waals surface area contributed by atoms with Crippen molar-refractivity contribution in [3.05, 3.63) is 48.6 Å². The van der Waals surface area contributed by atoms with Crippen molar-refractivity contribution in [2.45, 2.75) is 151 Å². The van der Waals surface area contributed by atoms with Crippen LogP contribution in [-0.4, -0.2) is 55.5 Å². The summed E-state index contributed by atoms with van der Waals surface area (Å²) in [7, 11) is 0. The normalized spacial score (nSPS) is 39.6. The number of carbonyl (C=O) groups excluding carboxylic acids is 2. The first-order chi connectivity index (χ1) is 26.8. The highest BCUT2D eigenvalue weighted by Gasteiger charge is 2.72. The number of carboxylic acids is 1. The second kappa shape index (κ2) is 13.8. The van der Waals surface area contributed by atoms with Crippen LogP contribution in [0.3, 0.4) is 0 Å². The summed E-state index contributed by atoms with van der Waals surface area (Å²) >= 11 is 0. The number of allylic oxidation sites excluding steroid dienone is 1. The fourth-order valence-electron chi connectivity index (χ4n) is 15.1. The van der Waals surface area contributed by atoms with Crippen LogP contribution in [0.25, 0.3) is 11.4 Å². The number of likely N-dealkylation sites (tertiary alicyclic amines) is 1. The van der Waals surface area contributed by atoms with Crippen LogP contribution in [0, 0.1) is 62.1 Å². The maximum atomic E-state index is 15.5. The highest BCUT2D eigenvalue weighted by atomic mass is 16.5. The number of esters is 1. The molecule has 2 N–H and O–H groups in total. The molecule has 5 saturated carbocycles. The first kappa shape index (κ1) is 40.3. The Bertz CT molecular complexity index is 1920. The molecule has 0 radical (unpaired) electrons. The van der Waals surface area contributed by atoms with Crippen LogP contribution in [0.2, 0.25) is 0 Å². The Balaban J connectivity index is 1.06. The van der Waals surface area contributed by atoms with E-state index in [1.54, 1.807) is 20.0 Å². The van der Waals surface area contributed by atoms with Gasteiger partial charge in [-0.2, -0.15) is 0 Å². The summed E-state index contributed by atoms with van der Waals surface area (Å²) in [5, 5.41) is 9.66. The zero-order valence-corrected chi connectivity index (χ0v) is 36.0. The fourth-order valence-corrected chi connectivity index (χ4v) is 15.1. The van der Waals surface area contributed by atoms with Crippen LogP contribution in [-0.2, 0) is 19.1 Å². The van der Waals surface area contributed by atoms with Gasteiger partial charge < -0.3 is 19.7 Å². The number of fused-ring (bicyclic) bond motifs is 7. The number of aliphatic carboxylic acids is 1. The molecule has 57 heavy (non-hydrogen) atoms. The molecule has 11 atom stereocenters. The van der Waals surface area contributed by atoms with Gasteiger partial charge in [-0.25, -0.2) is 4.98 Å². The standard InChI is InChI=1S/C48H68N4O5/c1-29(2)30-17-22-48(41(54)52-26-12-14-34(52)40-50-28-33(51-40)32-13-10-11-25-49-32)24-23-46(8)31(39(30)48)15-16-36-45(7)20-19-37(57-38(53)27-43(3,4)42(55)56)44(5,6)35(45)18-21-47(36,46)9/h10-11,13,25,28,30-31,34-37,39H,1,12,14-24,26-27H2,2-9H3,(H,50,51)(H,55,56)/t30-,31+,34-,35-,36?,37-,39?,45-,46+,47?,48-/m0/s1. The summed E-state index contributed by atoms with van der Waals surface area (Å²) in [6, 6.07) is 5.85. The van der Waals surface area contributed by atoms with Crippen molar-refractivity contribution in [1.82, 2.24) is 19.9 Å². The van der Waals surface area contributed by atoms with E-state index in [-0.39, 0.29) is 51.6 Å². The molecule has 2 aromatic rings. The highest BCUT2D eigenvalue weighted by molar-refractivity contribution is 5.85. The summed E-state index contributed by atoms with van der Waals surface area (Å²) in [6.45, 7) is 23.2. The number of H-pyrrole nitrogens is 1. The van der Waals surface area contributed by atoms with E-state index in [0.29, 0.717) is 29.6 Å². The SMILES string of the molecule is C=C(C)[C@@H]1CC[C@]2(C(=O)N3CCC[C@H]3c3ncc(-c4ccccn4)[nH]3)CC[C@]3(C)[C@H](CCC4C3(C)CC[C@H]3C(C)(C)[C@@H](OC(=O)CC(C)(C)C(=O)O)CC[C@]43C)C12. The molecule has 6 fully saturated rings. The number of aromatic amines is 1. The molecule has 1 aliphatic heterocycles. The van der Waals surface area contributed by atoms with Crippen LogP contribution in [0.5, 0.6) is 0 Å². The number of imidazole rings is 1. The van der Waals surface area contributed by atoms with E-state index in [2.05, 4.69) is 63.0 Å². The summed E-state index contributed by atoms with van der Waals surface area (Å²) in [5.74, 6) is 1.87. The average molecular weight is 781 g/mol. The lowest BCUT2D eigenvalue weighted by Crippen LogP contribution is -2.67. The number of carboxylic acid groups (broad SMARTS) is 1. The van der Waals surface area contributed by atoms with E-state index >= 15 is 4.79 Å². The summed E-state index contributed by atoms with van der Waals surface area (Å²) in [6.07, 6.45) is 15.6. The van der Waals surface area contributed by atoms with Crippen molar-refractivity contribution < 1.29 is 24.2 Å². The average Bonchev–Trinajstić information content (AvgIpc) is 3.92. The number of rotatable bonds is 8. The number of hydrogen-bond donors (Lipinski definition) is 2. The Morgan fingerprint density at radius 3 is 2.40 bits per heavy atom. The topological polar surface area (TPSA) is 125 Å². The van der Waals surface area contributed by atoms with Crippen LogP contribution >= 0.6 is 0 Å². The van der Waals surface area contributed by atoms with E-state index in [4.69, 9.17) is 9.72 Å². The Kier molecular flexibility index (Phi) is 9.75. The largest absolute Gasteiger partial charge is 0.481 e. The number of nitrogens with zero attached hydrogens (tertiary/aromatic N) is 3. The minimum absolute atomic E-state index is 0.0490. The van der Waals surface area contributed by atoms with Gasteiger partial charge in [0.1, 0.15) is 11.9 Å². The lowest BCUT2D eigenvalue weighted by atomic mass is 9.32. The summed E-state index contributed by atoms with van der Waals surface area (Å²) < 4.78 is 6.21. The molecule has 310 valence electrons. The quantitative estimate of drug-likeness (QED) is 0.202. The van der Waals surface area contributed by atoms with E-state index in [0.717, 1.165) is 101 Å². The highest BCUT2D eigenvalue weighted by Crippen LogP contribution is 2.78. The summed E-state index contributed by atoms with van der Waals surface area (Å²) in [4.78, 5) is 55.6. The zero-order chi connectivity index (χ0) is 40.9. The van der Waals surface area contributed by atoms with Gasteiger partial charge >= 0.3 is 11.9 Å². The van der Waals surface area contributed by atoms with E-state index in [9.17, 15) is 14.7 Å². The first-order valence-electron chi connectivity index (χ1n) is 22.2. The molecule has 2 aromatic heterocycles. The molecule has 0 aromatic carbocycles. The number of carbonyl (C=O) groups is 3. The van der Waals surface area contributed by atoms with Crippen LogP contribution in [0.4, 0.5) is 0 Å². The molecular formula is C48H68N4O5. The minimum atomic E-state index is -1.16. The first-order valence-corrected chi connectivity index (χ1v) is 22.2. The van der Waals surface area contributed by atoms with Crippen LogP contribution in [0.1, 0.15) is 151 Å². The second-order valence-corrected chi connectivity index (χ2v) is 21.6. The van der Waals surface area contributed by atoms with Gasteiger partial charge in [0.25, 0.3) is 0 Å². The Hall–Kier alpha value is -3.49. The monoisotopic (exact) mass is 781 g/mol. The van der Waals surface area contributed by atoms with Crippen LogP contribution < -0.4 is 0 Å². The third kappa shape index (κ3) is 5.99. The van der Waals surface area contributed by atoms with Crippen LogP contribution in [0.15, 0.2) is 42.7 Å². The van der Waals surface area contributed by atoms with Crippen molar-refractivity contribution in [2.75, 3.05) is 6.54 Å². The van der Waals surface area contributed by atoms with Gasteiger partial charge in [0.2, 0.25) is 5.91 Å². The third-order valence-electron chi connectivity index (χ3n) is 18.2. The predicted molar refractivity (Wildman–Crippen MR) is 220 cm³/mol. The maximum absolute atomic E-state index is 15.5. The predicted octanol–water partition coefficient (Wildman–Crippen LogP) is 10.2. The number of amides is 1. The molecule has 9 nitrogen and oxygen atoms in total. The van der Waals surface area contributed by atoms with Crippen molar-refractivity contribution in [3.63, 3.8) is 0 Å². The number of pyridine rings is 1. The van der Waals surface area contributed by atoms with Gasteiger partial charge in [0.15, 0.2) is 0 Å². The molecule has 6 aliphatic rings. The molecule has 1 saturated heterocycles. The van der Waals surface area contributed by atoms with E-state index in [1.165, 1.54) is 5.57 Å².